The van der Waals surface area contributed by atoms with Gasteiger partial charge in [-0.05, 0) is 36.8 Å². The Morgan fingerprint density at radius 2 is 1.97 bits per heavy atom. The maximum Gasteiger partial charge on any atom is 0.288 e. The van der Waals surface area contributed by atoms with Crippen LogP contribution < -0.4 is 5.32 Å². The van der Waals surface area contributed by atoms with Gasteiger partial charge in [0.1, 0.15) is 28.2 Å². The highest BCUT2D eigenvalue weighted by Gasteiger charge is 2.17. The summed E-state index contributed by atoms with van der Waals surface area (Å²) >= 11 is 5.83. The Morgan fingerprint density at radius 3 is 2.63 bits per heavy atom. The Balaban J connectivity index is 1.80. The number of nitriles is 1. The smallest absolute Gasteiger partial charge is 0.288 e. The van der Waals surface area contributed by atoms with Gasteiger partial charge < -0.3 is 9.73 Å². The monoisotopic (exact) mass is 421 g/mol. The Kier molecular flexibility index (Phi) is 6.30. The van der Waals surface area contributed by atoms with Crippen LogP contribution in [-0.4, -0.2) is 10.8 Å². The van der Waals surface area contributed by atoms with Crippen LogP contribution in [0.2, 0.25) is 5.02 Å². The molecule has 0 spiro atoms. The van der Waals surface area contributed by atoms with Crippen LogP contribution in [0, 0.1) is 21.4 Å². The molecule has 0 saturated carbocycles. The molecule has 2 aromatic carbocycles. The topological polar surface area (TPSA) is 109 Å². The van der Waals surface area contributed by atoms with Crippen LogP contribution in [0.15, 0.2) is 70.7 Å². The molecule has 0 fully saturated rings. The summed E-state index contributed by atoms with van der Waals surface area (Å²) < 4.78 is 5.64. The number of halogens is 1. The third-order valence-corrected chi connectivity index (χ3v) is 4.67. The minimum atomic E-state index is -0.582. The quantitative estimate of drug-likeness (QED) is 0.251. The van der Waals surface area contributed by atoms with E-state index in [0.717, 1.165) is 5.56 Å². The van der Waals surface area contributed by atoms with Crippen molar-refractivity contribution in [3.63, 3.8) is 0 Å². The maximum atomic E-state index is 12.5. The van der Waals surface area contributed by atoms with Gasteiger partial charge in [0.05, 0.1) is 11.0 Å². The highest BCUT2D eigenvalue weighted by atomic mass is 35.5. The summed E-state index contributed by atoms with van der Waals surface area (Å²) in [4.78, 5) is 22.9. The molecular weight excluding hydrogens is 406 g/mol. The zero-order valence-corrected chi connectivity index (χ0v) is 16.6. The number of carbonyl (C=O) groups is 1. The van der Waals surface area contributed by atoms with Crippen LogP contribution in [-0.2, 0) is 4.79 Å². The average molecular weight is 422 g/mol. The van der Waals surface area contributed by atoms with Gasteiger partial charge in [-0.25, -0.2) is 0 Å². The average Bonchev–Trinajstić information content (AvgIpc) is 3.21. The fourth-order valence-electron chi connectivity index (χ4n) is 2.78. The molecule has 30 heavy (non-hydrogen) atoms. The van der Waals surface area contributed by atoms with Crippen molar-refractivity contribution in [3.05, 3.63) is 92.7 Å². The summed E-state index contributed by atoms with van der Waals surface area (Å²) in [6.07, 6.45) is 1.32. The maximum absolute atomic E-state index is 12.5. The lowest BCUT2D eigenvalue weighted by atomic mass is 10.1. The van der Waals surface area contributed by atoms with Crippen LogP contribution in [0.4, 0.5) is 5.69 Å². The molecule has 1 amide bonds. The molecule has 7 nitrogen and oxygen atoms in total. The van der Waals surface area contributed by atoms with Crippen molar-refractivity contribution in [1.82, 2.24) is 5.32 Å². The van der Waals surface area contributed by atoms with E-state index in [9.17, 15) is 20.2 Å². The Hall–Kier alpha value is -3.89. The van der Waals surface area contributed by atoms with Gasteiger partial charge in [0.15, 0.2) is 0 Å². The number of furan rings is 1. The molecule has 1 atom stereocenters. The van der Waals surface area contributed by atoms with Crippen LogP contribution in [0.3, 0.4) is 0 Å². The predicted octanol–water partition coefficient (Wildman–Crippen LogP) is 5.29. The minimum absolute atomic E-state index is 0.0198. The van der Waals surface area contributed by atoms with Crippen molar-refractivity contribution in [2.24, 2.45) is 0 Å². The molecule has 150 valence electrons. The highest BCUT2D eigenvalue weighted by Crippen LogP contribution is 2.31. The summed E-state index contributed by atoms with van der Waals surface area (Å²) in [5.74, 6) is 0.0759. The largest absolute Gasteiger partial charge is 0.457 e. The van der Waals surface area contributed by atoms with Gasteiger partial charge in [-0.2, -0.15) is 5.26 Å². The Morgan fingerprint density at radius 1 is 1.23 bits per heavy atom. The summed E-state index contributed by atoms with van der Waals surface area (Å²) in [6, 6.07) is 18.4. The predicted molar refractivity (Wildman–Crippen MR) is 112 cm³/mol. The summed E-state index contributed by atoms with van der Waals surface area (Å²) in [5.41, 5.74) is 0.995. The molecule has 0 unspecified atom stereocenters. The normalized spacial score (nSPS) is 12.1. The second kappa shape index (κ2) is 9.07. The van der Waals surface area contributed by atoms with Crippen molar-refractivity contribution in [2.45, 2.75) is 13.0 Å². The lowest BCUT2D eigenvalue weighted by Gasteiger charge is -2.13. The molecule has 0 aliphatic heterocycles. The number of carbonyl (C=O) groups excluding carboxylic acids is 1. The number of benzene rings is 2. The number of nitrogens with one attached hydrogen (secondary N) is 1. The van der Waals surface area contributed by atoms with E-state index >= 15 is 0 Å². The zero-order chi connectivity index (χ0) is 21.7. The van der Waals surface area contributed by atoms with Gasteiger partial charge in [-0.3, -0.25) is 14.9 Å². The highest BCUT2D eigenvalue weighted by molar-refractivity contribution is 6.32. The third kappa shape index (κ3) is 4.74. The number of nitro benzene ring substituents is 1. The molecule has 0 saturated heterocycles. The second-order valence-corrected chi connectivity index (χ2v) is 6.81. The van der Waals surface area contributed by atoms with E-state index < -0.39 is 10.8 Å². The molecule has 0 radical (unpaired) electrons. The van der Waals surface area contributed by atoms with Gasteiger partial charge in [-0.1, -0.05) is 41.9 Å². The molecule has 3 aromatic rings. The van der Waals surface area contributed by atoms with E-state index in [1.54, 1.807) is 18.2 Å². The van der Waals surface area contributed by atoms with E-state index in [4.69, 9.17) is 16.0 Å². The van der Waals surface area contributed by atoms with Crippen LogP contribution in [0.25, 0.3) is 17.4 Å². The lowest BCUT2D eigenvalue weighted by molar-refractivity contribution is -0.384. The van der Waals surface area contributed by atoms with Crippen molar-refractivity contribution >= 4 is 29.3 Å². The molecule has 0 bridgehead atoms. The molecule has 1 aromatic heterocycles. The number of nitro groups is 1. The van der Waals surface area contributed by atoms with Crippen molar-refractivity contribution in [2.75, 3.05) is 0 Å². The van der Waals surface area contributed by atoms with E-state index in [-0.39, 0.29) is 28.1 Å². The SMILES string of the molecule is C[C@H](NC(=O)/C(C#N)=C/c1ccc(-c2ccc(Cl)c([N+](=O)[O-])c2)o1)c1ccccc1. The molecule has 3 rings (SSSR count). The van der Waals surface area contributed by atoms with E-state index in [1.165, 1.54) is 18.2 Å². The first-order valence-corrected chi connectivity index (χ1v) is 9.28. The van der Waals surface area contributed by atoms with E-state index in [1.807, 2.05) is 43.3 Å². The van der Waals surface area contributed by atoms with E-state index in [0.29, 0.717) is 11.3 Å². The first-order chi connectivity index (χ1) is 14.4. The van der Waals surface area contributed by atoms with Crippen molar-refractivity contribution in [1.29, 1.82) is 5.26 Å². The van der Waals surface area contributed by atoms with Crippen molar-refractivity contribution < 1.29 is 14.1 Å². The first-order valence-electron chi connectivity index (χ1n) is 8.91. The van der Waals surface area contributed by atoms with Crippen LogP contribution >= 0.6 is 11.6 Å². The number of rotatable bonds is 6. The Bertz CT molecular complexity index is 1160. The summed E-state index contributed by atoms with van der Waals surface area (Å²) in [6.45, 7) is 1.82. The Labute approximate surface area is 177 Å². The molecule has 8 heteroatoms. The summed E-state index contributed by atoms with van der Waals surface area (Å²) in [7, 11) is 0. The fraction of sp³-hybridized carbons (Fsp3) is 0.0909. The summed E-state index contributed by atoms with van der Waals surface area (Å²) in [5, 5.41) is 23.2. The first kappa shape index (κ1) is 20.8. The van der Waals surface area contributed by atoms with Gasteiger partial charge in [0, 0.05) is 17.7 Å². The molecule has 1 heterocycles. The number of amides is 1. The van der Waals surface area contributed by atoms with Gasteiger partial charge >= 0.3 is 0 Å². The standard InChI is InChI=1S/C22H16ClN3O4/c1-14(15-5-3-2-4-6-15)25-22(27)17(13-24)11-18-8-10-21(30-18)16-7-9-19(23)20(12-16)26(28)29/h2-12,14H,1H3,(H,25,27)/b17-11+/t14-/m0/s1. The molecule has 0 aliphatic rings. The van der Waals surface area contributed by atoms with Crippen LogP contribution in [0.5, 0.6) is 0 Å². The number of nitrogens with zero attached hydrogens (tertiary/aromatic N) is 2. The molecular formula is C22H16ClN3O4. The number of hydrogen-bond acceptors (Lipinski definition) is 5. The van der Waals surface area contributed by atoms with Crippen molar-refractivity contribution in [3.8, 4) is 17.4 Å². The van der Waals surface area contributed by atoms with Crippen LogP contribution in [0.1, 0.15) is 24.3 Å². The van der Waals surface area contributed by atoms with Gasteiger partial charge in [-0.15, -0.1) is 0 Å². The fourth-order valence-corrected chi connectivity index (χ4v) is 2.97. The number of hydrogen-bond donors (Lipinski definition) is 1. The second-order valence-electron chi connectivity index (χ2n) is 6.40. The lowest BCUT2D eigenvalue weighted by Crippen LogP contribution is -2.27. The third-order valence-electron chi connectivity index (χ3n) is 4.35. The molecule has 1 N–H and O–H groups in total. The molecule has 0 aliphatic carbocycles. The van der Waals surface area contributed by atoms with E-state index in [2.05, 4.69) is 5.32 Å². The van der Waals surface area contributed by atoms with Gasteiger partial charge in [0.2, 0.25) is 0 Å². The zero-order valence-electron chi connectivity index (χ0n) is 15.8. The minimum Gasteiger partial charge on any atom is -0.457 e. The van der Waals surface area contributed by atoms with Gasteiger partial charge in [0.25, 0.3) is 11.6 Å².